The number of pyridine rings is 1. The Hall–Kier alpha value is -0.830. The molecule has 1 atom stereocenters. The maximum atomic E-state index is 11.9. The average Bonchev–Trinajstić information content (AvgIpc) is 2.30. The van der Waals surface area contributed by atoms with Gasteiger partial charge in [0.2, 0.25) is 0 Å². The molecule has 1 saturated heterocycles. The molecule has 2 rings (SSSR count). The number of carbonyl (C=O) groups is 1. The SMILES string of the molecule is O=C(c1cccnc1)C1CCCCS1. The first-order chi connectivity index (χ1) is 6.88. The first kappa shape index (κ1) is 9.71. The number of hydrogen-bond donors (Lipinski definition) is 0. The van der Waals surface area contributed by atoms with Gasteiger partial charge in [-0.05, 0) is 30.7 Å². The highest BCUT2D eigenvalue weighted by Gasteiger charge is 2.22. The molecule has 1 aliphatic rings. The van der Waals surface area contributed by atoms with E-state index in [-0.39, 0.29) is 11.0 Å². The molecule has 0 saturated carbocycles. The molecule has 74 valence electrons. The average molecular weight is 207 g/mol. The monoisotopic (exact) mass is 207 g/mol. The zero-order chi connectivity index (χ0) is 9.80. The van der Waals surface area contributed by atoms with Crippen LogP contribution in [0.15, 0.2) is 24.5 Å². The second-order valence-corrected chi connectivity index (χ2v) is 4.77. The third-order valence-electron chi connectivity index (χ3n) is 2.42. The lowest BCUT2D eigenvalue weighted by Crippen LogP contribution is -2.20. The summed E-state index contributed by atoms with van der Waals surface area (Å²) < 4.78 is 0. The second-order valence-electron chi connectivity index (χ2n) is 3.46. The topological polar surface area (TPSA) is 30.0 Å². The van der Waals surface area contributed by atoms with Gasteiger partial charge >= 0.3 is 0 Å². The van der Waals surface area contributed by atoms with Crippen LogP contribution < -0.4 is 0 Å². The van der Waals surface area contributed by atoms with Gasteiger partial charge in [0.1, 0.15) is 0 Å². The van der Waals surface area contributed by atoms with Gasteiger partial charge < -0.3 is 0 Å². The molecule has 0 aliphatic carbocycles. The van der Waals surface area contributed by atoms with Crippen molar-refractivity contribution in [2.45, 2.75) is 24.5 Å². The standard InChI is InChI=1S/C11H13NOS/c13-11(9-4-3-6-12-8-9)10-5-1-2-7-14-10/h3-4,6,8,10H,1-2,5,7H2. The summed E-state index contributed by atoms with van der Waals surface area (Å²) in [6.07, 6.45) is 6.83. The summed E-state index contributed by atoms with van der Waals surface area (Å²) in [4.78, 5) is 15.9. The Labute approximate surface area is 88.1 Å². The molecule has 14 heavy (non-hydrogen) atoms. The highest BCUT2D eigenvalue weighted by Crippen LogP contribution is 2.27. The van der Waals surface area contributed by atoms with Crippen molar-refractivity contribution < 1.29 is 4.79 Å². The molecule has 0 aromatic carbocycles. The highest BCUT2D eigenvalue weighted by molar-refractivity contribution is 8.00. The van der Waals surface area contributed by atoms with Gasteiger partial charge in [0.05, 0.1) is 5.25 Å². The van der Waals surface area contributed by atoms with Crippen LogP contribution in [0.1, 0.15) is 29.6 Å². The van der Waals surface area contributed by atoms with E-state index in [0.717, 1.165) is 17.7 Å². The van der Waals surface area contributed by atoms with Crippen molar-refractivity contribution in [2.75, 3.05) is 5.75 Å². The van der Waals surface area contributed by atoms with Crippen molar-refractivity contribution >= 4 is 17.5 Å². The third-order valence-corrected chi connectivity index (χ3v) is 3.79. The van der Waals surface area contributed by atoms with Gasteiger partial charge in [0.25, 0.3) is 0 Å². The van der Waals surface area contributed by atoms with Crippen LogP contribution >= 0.6 is 11.8 Å². The number of hydrogen-bond acceptors (Lipinski definition) is 3. The van der Waals surface area contributed by atoms with E-state index in [2.05, 4.69) is 4.98 Å². The predicted octanol–water partition coefficient (Wildman–Crippen LogP) is 2.55. The van der Waals surface area contributed by atoms with Gasteiger partial charge in [0, 0.05) is 18.0 Å². The molecule has 1 aromatic rings. The maximum absolute atomic E-state index is 11.9. The van der Waals surface area contributed by atoms with Gasteiger partial charge in [-0.3, -0.25) is 9.78 Å². The summed E-state index contributed by atoms with van der Waals surface area (Å²) in [5, 5.41) is 0.174. The zero-order valence-electron chi connectivity index (χ0n) is 7.98. The fraction of sp³-hybridized carbons (Fsp3) is 0.455. The van der Waals surface area contributed by atoms with Crippen LogP contribution in [0.2, 0.25) is 0 Å². The van der Waals surface area contributed by atoms with Gasteiger partial charge in [-0.25, -0.2) is 0 Å². The van der Waals surface area contributed by atoms with Crippen LogP contribution in [0.25, 0.3) is 0 Å². The van der Waals surface area contributed by atoms with E-state index < -0.39 is 0 Å². The number of aromatic nitrogens is 1. The van der Waals surface area contributed by atoms with E-state index in [0.29, 0.717) is 0 Å². The molecule has 2 heterocycles. The highest BCUT2D eigenvalue weighted by atomic mass is 32.2. The molecule has 0 bridgehead atoms. The molecule has 1 fully saturated rings. The Morgan fingerprint density at radius 2 is 2.43 bits per heavy atom. The number of nitrogens with zero attached hydrogens (tertiary/aromatic N) is 1. The lowest BCUT2D eigenvalue weighted by Gasteiger charge is -2.19. The molecular weight excluding hydrogens is 194 g/mol. The van der Waals surface area contributed by atoms with Crippen LogP contribution in [0.4, 0.5) is 0 Å². The van der Waals surface area contributed by atoms with Crippen molar-refractivity contribution in [2.24, 2.45) is 0 Å². The molecular formula is C11H13NOS. The number of thioether (sulfide) groups is 1. The number of Topliss-reactive ketones (excluding diaryl/α,β-unsaturated/α-hetero) is 1. The van der Waals surface area contributed by atoms with E-state index in [1.54, 1.807) is 24.2 Å². The molecule has 0 radical (unpaired) electrons. The molecule has 2 nitrogen and oxygen atoms in total. The maximum Gasteiger partial charge on any atom is 0.177 e. The van der Waals surface area contributed by atoms with Gasteiger partial charge in [0.15, 0.2) is 5.78 Å². The largest absolute Gasteiger partial charge is 0.293 e. The van der Waals surface area contributed by atoms with E-state index in [4.69, 9.17) is 0 Å². The lowest BCUT2D eigenvalue weighted by atomic mass is 10.1. The van der Waals surface area contributed by atoms with E-state index in [1.165, 1.54) is 12.8 Å². The van der Waals surface area contributed by atoms with Crippen LogP contribution in [0, 0.1) is 0 Å². The van der Waals surface area contributed by atoms with Gasteiger partial charge in [-0.1, -0.05) is 6.42 Å². The molecule has 1 aromatic heterocycles. The third kappa shape index (κ3) is 2.15. The number of ketones is 1. The number of carbonyl (C=O) groups excluding carboxylic acids is 1. The van der Waals surface area contributed by atoms with E-state index in [9.17, 15) is 4.79 Å². The summed E-state index contributed by atoms with van der Waals surface area (Å²) in [6.45, 7) is 0. The zero-order valence-corrected chi connectivity index (χ0v) is 8.80. The summed E-state index contributed by atoms with van der Waals surface area (Å²) in [7, 11) is 0. The molecule has 3 heteroatoms. The van der Waals surface area contributed by atoms with E-state index in [1.807, 2.05) is 12.1 Å². The van der Waals surface area contributed by atoms with Crippen molar-refractivity contribution in [3.63, 3.8) is 0 Å². The Bertz CT molecular complexity index is 306. The van der Waals surface area contributed by atoms with Crippen LogP contribution in [0.3, 0.4) is 0 Å². The summed E-state index contributed by atoms with van der Waals surface area (Å²) in [6, 6.07) is 3.67. The fourth-order valence-corrected chi connectivity index (χ4v) is 2.92. The minimum Gasteiger partial charge on any atom is -0.293 e. The molecule has 0 N–H and O–H groups in total. The van der Waals surface area contributed by atoms with Crippen molar-refractivity contribution in [1.29, 1.82) is 0 Å². The van der Waals surface area contributed by atoms with Crippen LogP contribution in [0.5, 0.6) is 0 Å². The summed E-state index contributed by atoms with van der Waals surface area (Å²) in [5.74, 6) is 1.37. The smallest absolute Gasteiger partial charge is 0.177 e. The first-order valence-electron chi connectivity index (χ1n) is 4.94. The van der Waals surface area contributed by atoms with Crippen molar-refractivity contribution in [3.05, 3.63) is 30.1 Å². The Morgan fingerprint density at radius 1 is 1.50 bits per heavy atom. The predicted molar refractivity (Wildman–Crippen MR) is 58.7 cm³/mol. The minimum absolute atomic E-state index is 0.174. The number of rotatable bonds is 2. The van der Waals surface area contributed by atoms with Gasteiger partial charge in [-0.15, -0.1) is 0 Å². The van der Waals surface area contributed by atoms with Gasteiger partial charge in [-0.2, -0.15) is 11.8 Å². The quantitative estimate of drug-likeness (QED) is 0.698. The normalized spacial score (nSPS) is 21.9. The molecule has 1 unspecified atom stereocenters. The molecule has 1 aliphatic heterocycles. The minimum atomic E-state index is 0.174. The van der Waals surface area contributed by atoms with Crippen molar-refractivity contribution in [1.82, 2.24) is 4.98 Å². The lowest BCUT2D eigenvalue weighted by molar-refractivity contribution is 0.0984. The Morgan fingerprint density at radius 3 is 3.07 bits per heavy atom. The van der Waals surface area contributed by atoms with Crippen LogP contribution in [-0.2, 0) is 0 Å². The molecule has 0 amide bonds. The summed E-state index contributed by atoms with van der Waals surface area (Å²) >= 11 is 1.79. The fourth-order valence-electron chi connectivity index (χ4n) is 1.64. The second kappa shape index (κ2) is 4.60. The summed E-state index contributed by atoms with van der Waals surface area (Å²) in [5.41, 5.74) is 0.756. The first-order valence-corrected chi connectivity index (χ1v) is 5.98. The van der Waals surface area contributed by atoms with Crippen LogP contribution in [-0.4, -0.2) is 21.8 Å². The Kier molecular flexibility index (Phi) is 3.19. The Balaban J connectivity index is 2.07. The van der Waals surface area contributed by atoms with E-state index >= 15 is 0 Å². The molecule has 0 spiro atoms. The van der Waals surface area contributed by atoms with Crippen molar-refractivity contribution in [3.8, 4) is 0 Å².